The third kappa shape index (κ3) is 2.78. The lowest BCUT2D eigenvalue weighted by molar-refractivity contribution is 0.532. The summed E-state index contributed by atoms with van der Waals surface area (Å²) in [5.41, 5.74) is 1.21. The summed E-state index contributed by atoms with van der Waals surface area (Å²) in [5, 5.41) is 0.889. The molecule has 0 saturated heterocycles. The van der Waals surface area contributed by atoms with Gasteiger partial charge < -0.3 is 4.42 Å². The van der Waals surface area contributed by atoms with Crippen molar-refractivity contribution in [3.8, 4) is 0 Å². The van der Waals surface area contributed by atoms with E-state index in [0.717, 1.165) is 11.1 Å². The van der Waals surface area contributed by atoms with Crippen LogP contribution >= 0.6 is 11.6 Å². The molecule has 118 valence electrons. The summed E-state index contributed by atoms with van der Waals surface area (Å²) >= 11 is 5.91. The Bertz CT molecular complexity index is 1080. The van der Waals surface area contributed by atoms with Gasteiger partial charge in [-0.2, -0.15) is 0 Å². The fraction of sp³-hybridized carbons (Fsp3) is 0.118. The second kappa shape index (κ2) is 5.51. The van der Waals surface area contributed by atoms with Gasteiger partial charge >= 0.3 is 5.63 Å². The van der Waals surface area contributed by atoms with E-state index < -0.39 is 20.4 Å². The van der Waals surface area contributed by atoms with Gasteiger partial charge in [-0.25, -0.2) is 13.2 Å². The molecular weight excluding hydrogens is 336 g/mol. The van der Waals surface area contributed by atoms with Gasteiger partial charge in [-0.1, -0.05) is 17.7 Å². The number of aryl methyl sites for hydroxylation is 2. The Balaban J connectivity index is 2.27. The predicted octanol–water partition coefficient (Wildman–Crippen LogP) is 3.90. The summed E-state index contributed by atoms with van der Waals surface area (Å²) < 4.78 is 30.6. The van der Waals surface area contributed by atoms with Gasteiger partial charge in [0.2, 0.25) is 9.84 Å². The van der Waals surface area contributed by atoms with Gasteiger partial charge in [0.1, 0.15) is 5.58 Å². The highest BCUT2D eigenvalue weighted by atomic mass is 35.5. The van der Waals surface area contributed by atoms with Crippen LogP contribution in [0.2, 0.25) is 5.02 Å². The molecule has 0 atom stereocenters. The molecule has 3 rings (SSSR count). The molecule has 2 aromatic carbocycles. The Morgan fingerprint density at radius 1 is 0.957 bits per heavy atom. The molecule has 6 heteroatoms. The Morgan fingerprint density at radius 3 is 2.39 bits per heavy atom. The Morgan fingerprint density at radius 2 is 1.70 bits per heavy atom. The van der Waals surface area contributed by atoms with Crippen LogP contribution in [0, 0.1) is 13.8 Å². The average molecular weight is 349 g/mol. The van der Waals surface area contributed by atoms with Crippen LogP contribution in [0.1, 0.15) is 11.1 Å². The minimum atomic E-state index is -3.96. The zero-order chi connectivity index (χ0) is 16.8. The minimum absolute atomic E-state index is 0.0641. The van der Waals surface area contributed by atoms with Crippen LogP contribution in [0.25, 0.3) is 11.0 Å². The number of rotatable bonds is 2. The molecule has 1 aromatic heterocycles. The molecule has 0 bridgehead atoms. The van der Waals surface area contributed by atoms with Gasteiger partial charge in [-0.3, -0.25) is 0 Å². The Kier molecular flexibility index (Phi) is 3.78. The Hall–Kier alpha value is -2.11. The van der Waals surface area contributed by atoms with E-state index in [1.165, 1.54) is 18.2 Å². The maximum atomic E-state index is 12.8. The monoisotopic (exact) mass is 348 g/mol. The highest BCUT2D eigenvalue weighted by Gasteiger charge is 2.23. The van der Waals surface area contributed by atoms with Crippen LogP contribution in [0.5, 0.6) is 0 Å². The van der Waals surface area contributed by atoms with Crippen LogP contribution in [0.4, 0.5) is 0 Å². The van der Waals surface area contributed by atoms with E-state index in [4.69, 9.17) is 16.0 Å². The highest BCUT2D eigenvalue weighted by Crippen LogP contribution is 2.25. The summed E-state index contributed by atoms with van der Waals surface area (Å²) in [7, 11) is -3.96. The van der Waals surface area contributed by atoms with Gasteiger partial charge in [0.25, 0.3) is 0 Å². The molecule has 0 amide bonds. The topological polar surface area (TPSA) is 64.3 Å². The molecule has 23 heavy (non-hydrogen) atoms. The average Bonchev–Trinajstić information content (AvgIpc) is 2.49. The van der Waals surface area contributed by atoms with Gasteiger partial charge in [-0.05, 0) is 61.4 Å². The Labute approximate surface area is 138 Å². The number of halogens is 1. The van der Waals surface area contributed by atoms with Gasteiger partial charge in [0.05, 0.1) is 4.90 Å². The quantitative estimate of drug-likeness (QED) is 0.659. The molecule has 0 spiro atoms. The first kappa shape index (κ1) is 15.8. The van der Waals surface area contributed by atoms with Crippen molar-refractivity contribution in [3.05, 3.63) is 69.0 Å². The molecule has 0 aliphatic heterocycles. The number of benzene rings is 2. The van der Waals surface area contributed by atoms with E-state index in [2.05, 4.69) is 0 Å². The number of fused-ring (bicyclic) bond motifs is 1. The standard InChI is InChI=1S/C17H13ClO4S/c1-10-3-5-14(7-11(10)2)23(20,21)16-9-12-8-13(18)4-6-15(12)22-17(16)19/h3-9H,1-2H3. The van der Waals surface area contributed by atoms with Crippen molar-refractivity contribution in [2.75, 3.05) is 0 Å². The molecule has 3 aromatic rings. The van der Waals surface area contributed by atoms with E-state index in [1.54, 1.807) is 24.3 Å². The van der Waals surface area contributed by atoms with E-state index in [0.29, 0.717) is 16.0 Å². The number of hydrogen-bond acceptors (Lipinski definition) is 4. The maximum Gasteiger partial charge on any atom is 0.355 e. The summed E-state index contributed by atoms with van der Waals surface area (Å²) in [6.45, 7) is 3.70. The maximum absolute atomic E-state index is 12.8. The van der Waals surface area contributed by atoms with Crippen LogP contribution in [0.15, 0.2) is 61.5 Å². The summed E-state index contributed by atoms with van der Waals surface area (Å²) in [4.78, 5) is 11.8. The smallest absolute Gasteiger partial charge is 0.355 e. The second-order valence-electron chi connectivity index (χ2n) is 5.33. The van der Waals surface area contributed by atoms with Crippen molar-refractivity contribution in [1.29, 1.82) is 0 Å². The number of hydrogen-bond donors (Lipinski definition) is 0. The molecular formula is C17H13ClO4S. The lowest BCUT2D eigenvalue weighted by Crippen LogP contribution is -2.14. The SMILES string of the molecule is Cc1ccc(S(=O)(=O)c2cc3cc(Cl)ccc3oc2=O)cc1C. The molecule has 0 aliphatic carbocycles. The van der Waals surface area contributed by atoms with Crippen molar-refractivity contribution in [1.82, 2.24) is 0 Å². The molecule has 0 fully saturated rings. The minimum Gasteiger partial charge on any atom is -0.422 e. The largest absolute Gasteiger partial charge is 0.422 e. The summed E-state index contributed by atoms with van der Waals surface area (Å²) in [6.07, 6.45) is 0. The molecule has 4 nitrogen and oxygen atoms in total. The first-order chi connectivity index (χ1) is 10.8. The first-order valence-electron chi connectivity index (χ1n) is 6.85. The molecule has 0 radical (unpaired) electrons. The number of sulfone groups is 1. The molecule has 0 aliphatic rings. The van der Waals surface area contributed by atoms with Gasteiger partial charge in [0, 0.05) is 10.4 Å². The van der Waals surface area contributed by atoms with Crippen LogP contribution < -0.4 is 5.63 Å². The first-order valence-corrected chi connectivity index (χ1v) is 8.71. The lowest BCUT2D eigenvalue weighted by Gasteiger charge is -2.07. The zero-order valence-electron chi connectivity index (χ0n) is 12.5. The lowest BCUT2D eigenvalue weighted by atomic mass is 10.1. The fourth-order valence-electron chi connectivity index (χ4n) is 2.27. The molecule has 0 unspecified atom stereocenters. The summed E-state index contributed by atoms with van der Waals surface area (Å²) in [5.74, 6) is 0. The van der Waals surface area contributed by atoms with Crippen LogP contribution in [0.3, 0.4) is 0 Å². The zero-order valence-corrected chi connectivity index (χ0v) is 14.0. The predicted molar refractivity (Wildman–Crippen MR) is 88.9 cm³/mol. The van der Waals surface area contributed by atoms with Crippen LogP contribution in [-0.2, 0) is 9.84 Å². The highest BCUT2D eigenvalue weighted by molar-refractivity contribution is 7.91. The third-order valence-electron chi connectivity index (χ3n) is 3.74. The van der Waals surface area contributed by atoms with Crippen molar-refractivity contribution >= 4 is 32.4 Å². The normalized spacial score (nSPS) is 11.8. The third-order valence-corrected chi connectivity index (χ3v) is 5.71. The van der Waals surface area contributed by atoms with E-state index in [-0.39, 0.29) is 4.90 Å². The molecule has 0 N–H and O–H groups in total. The van der Waals surface area contributed by atoms with Crippen molar-refractivity contribution < 1.29 is 12.8 Å². The van der Waals surface area contributed by atoms with Crippen molar-refractivity contribution in [2.45, 2.75) is 23.6 Å². The van der Waals surface area contributed by atoms with E-state index in [9.17, 15) is 13.2 Å². The molecule has 1 heterocycles. The molecule has 0 saturated carbocycles. The van der Waals surface area contributed by atoms with Crippen LogP contribution in [-0.4, -0.2) is 8.42 Å². The summed E-state index contributed by atoms with van der Waals surface area (Å²) in [6, 6.07) is 10.7. The van der Waals surface area contributed by atoms with Gasteiger partial charge in [-0.15, -0.1) is 0 Å². The van der Waals surface area contributed by atoms with E-state index in [1.807, 2.05) is 13.8 Å². The van der Waals surface area contributed by atoms with Crippen molar-refractivity contribution in [3.63, 3.8) is 0 Å². The van der Waals surface area contributed by atoms with E-state index >= 15 is 0 Å². The second-order valence-corrected chi connectivity index (χ2v) is 7.68. The van der Waals surface area contributed by atoms with Crippen molar-refractivity contribution in [2.24, 2.45) is 0 Å². The van der Waals surface area contributed by atoms with Gasteiger partial charge in [0.15, 0.2) is 4.90 Å². The fourth-order valence-corrected chi connectivity index (χ4v) is 3.83.